The lowest BCUT2D eigenvalue weighted by atomic mass is 10.1. The molecular weight excluding hydrogens is 334 g/mol. The average molecular weight is 358 g/mol. The van der Waals surface area contributed by atoms with Gasteiger partial charge in [0.1, 0.15) is 5.75 Å². The average Bonchev–Trinajstić information content (AvgIpc) is 2.44. The summed E-state index contributed by atoms with van der Waals surface area (Å²) in [5, 5.41) is 12.6. The molecule has 0 aliphatic heterocycles. The summed E-state index contributed by atoms with van der Waals surface area (Å²) in [5.74, 6) is 0.398. The van der Waals surface area contributed by atoms with E-state index in [4.69, 9.17) is 4.74 Å². The van der Waals surface area contributed by atoms with Crippen LogP contribution in [0, 0.1) is 0 Å². The molecule has 0 fully saturated rings. The Hall–Kier alpha value is -1.07. The fourth-order valence-electron chi connectivity index (χ4n) is 1.93. The number of aliphatic hydroxyl groups excluding tert-OH is 1. The molecule has 1 aromatic carbocycles. The number of rotatable bonds is 8. The number of aliphatic hydroxyl groups is 1. The van der Waals surface area contributed by atoms with Gasteiger partial charge < -0.3 is 15.2 Å². The summed E-state index contributed by atoms with van der Waals surface area (Å²) in [6, 6.07) is 5.38. The Labute approximate surface area is 135 Å². The molecule has 0 aliphatic rings. The molecule has 0 bridgehead atoms. The van der Waals surface area contributed by atoms with Gasteiger partial charge in [0, 0.05) is 16.6 Å². The third-order valence-corrected chi connectivity index (χ3v) is 3.67. The SMILES string of the molecule is CCCCCNC(=O)C(C)Oc1ccc(Br)cc1C(C)O. The monoisotopic (exact) mass is 357 g/mol. The van der Waals surface area contributed by atoms with Gasteiger partial charge in [-0.3, -0.25) is 4.79 Å². The predicted molar refractivity (Wildman–Crippen MR) is 87.4 cm³/mol. The second kappa shape index (κ2) is 9.05. The van der Waals surface area contributed by atoms with Crippen molar-refractivity contribution < 1.29 is 14.6 Å². The number of hydrogen-bond donors (Lipinski definition) is 2. The molecule has 0 aliphatic carbocycles. The number of amides is 1. The lowest BCUT2D eigenvalue weighted by molar-refractivity contribution is -0.127. The van der Waals surface area contributed by atoms with Gasteiger partial charge in [-0.25, -0.2) is 0 Å². The van der Waals surface area contributed by atoms with E-state index in [-0.39, 0.29) is 5.91 Å². The first-order chi connectivity index (χ1) is 9.95. The van der Waals surface area contributed by atoms with Crippen molar-refractivity contribution in [3.05, 3.63) is 28.2 Å². The molecule has 21 heavy (non-hydrogen) atoms. The second-order valence-corrected chi connectivity index (χ2v) is 6.03. The molecule has 0 heterocycles. The summed E-state index contributed by atoms with van der Waals surface area (Å²) in [4.78, 5) is 12.0. The van der Waals surface area contributed by atoms with E-state index in [1.165, 1.54) is 0 Å². The summed E-state index contributed by atoms with van der Waals surface area (Å²) in [5.41, 5.74) is 0.662. The van der Waals surface area contributed by atoms with Crippen molar-refractivity contribution in [2.45, 2.75) is 52.2 Å². The molecular formula is C16H24BrNO3. The van der Waals surface area contributed by atoms with Crippen LogP contribution < -0.4 is 10.1 Å². The van der Waals surface area contributed by atoms with E-state index in [9.17, 15) is 9.90 Å². The molecule has 1 rings (SSSR count). The van der Waals surface area contributed by atoms with E-state index in [2.05, 4.69) is 28.2 Å². The third-order valence-electron chi connectivity index (χ3n) is 3.17. The summed E-state index contributed by atoms with van der Waals surface area (Å²) < 4.78 is 6.55. The molecule has 118 valence electrons. The van der Waals surface area contributed by atoms with Gasteiger partial charge in [-0.2, -0.15) is 0 Å². The molecule has 2 atom stereocenters. The summed E-state index contributed by atoms with van der Waals surface area (Å²) in [6.07, 6.45) is 1.96. The maximum atomic E-state index is 12.0. The highest BCUT2D eigenvalue weighted by atomic mass is 79.9. The number of benzene rings is 1. The van der Waals surface area contributed by atoms with Crippen LogP contribution in [0.2, 0.25) is 0 Å². The van der Waals surface area contributed by atoms with Gasteiger partial charge in [-0.05, 0) is 38.5 Å². The Bertz CT molecular complexity index is 463. The van der Waals surface area contributed by atoms with Gasteiger partial charge in [-0.15, -0.1) is 0 Å². The fourth-order valence-corrected chi connectivity index (χ4v) is 2.31. The minimum Gasteiger partial charge on any atom is -0.481 e. The molecule has 2 unspecified atom stereocenters. The zero-order valence-electron chi connectivity index (χ0n) is 12.9. The van der Waals surface area contributed by atoms with Crippen LogP contribution in [0.1, 0.15) is 51.7 Å². The van der Waals surface area contributed by atoms with Crippen LogP contribution in [0.15, 0.2) is 22.7 Å². The minimum atomic E-state index is -0.655. The van der Waals surface area contributed by atoms with E-state index in [0.717, 1.165) is 23.7 Å². The summed E-state index contributed by atoms with van der Waals surface area (Å²) >= 11 is 3.36. The van der Waals surface area contributed by atoms with Crippen molar-refractivity contribution in [3.63, 3.8) is 0 Å². The first kappa shape index (κ1) is 18.0. The van der Waals surface area contributed by atoms with Crippen LogP contribution in [0.4, 0.5) is 0 Å². The molecule has 0 aromatic heterocycles. The van der Waals surface area contributed by atoms with Crippen LogP contribution in [-0.2, 0) is 4.79 Å². The number of nitrogens with one attached hydrogen (secondary N) is 1. The van der Waals surface area contributed by atoms with Crippen LogP contribution >= 0.6 is 15.9 Å². The molecule has 0 saturated carbocycles. The Balaban J connectivity index is 2.61. The Morgan fingerprint density at radius 1 is 1.38 bits per heavy atom. The summed E-state index contributed by atoms with van der Waals surface area (Å²) in [6.45, 7) is 6.18. The van der Waals surface area contributed by atoms with Crippen molar-refractivity contribution in [2.75, 3.05) is 6.54 Å². The molecule has 0 saturated heterocycles. The highest BCUT2D eigenvalue weighted by Gasteiger charge is 2.17. The zero-order chi connectivity index (χ0) is 15.8. The third kappa shape index (κ3) is 6.06. The minimum absolute atomic E-state index is 0.134. The van der Waals surface area contributed by atoms with E-state index < -0.39 is 12.2 Å². The standard InChI is InChI=1S/C16H24BrNO3/c1-4-5-6-9-18-16(20)12(3)21-15-8-7-13(17)10-14(15)11(2)19/h7-8,10-12,19H,4-6,9H2,1-3H3,(H,18,20). The van der Waals surface area contributed by atoms with Crippen molar-refractivity contribution in [1.29, 1.82) is 0 Å². The fraction of sp³-hybridized carbons (Fsp3) is 0.562. The number of ether oxygens (including phenoxy) is 1. The van der Waals surface area contributed by atoms with Crippen molar-refractivity contribution in [2.24, 2.45) is 0 Å². The van der Waals surface area contributed by atoms with Gasteiger partial charge in [-0.1, -0.05) is 35.7 Å². The molecule has 5 heteroatoms. The quantitative estimate of drug-likeness (QED) is 0.699. The van der Waals surface area contributed by atoms with Gasteiger partial charge in [0.05, 0.1) is 6.10 Å². The van der Waals surface area contributed by atoms with Gasteiger partial charge in [0.25, 0.3) is 5.91 Å². The number of carbonyl (C=O) groups is 1. The lowest BCUT2D eigenvalue weighted by Crippen LogP contribution is -2.37. The molecule has 0 spiro atoms. The predicted octanol–water partition coefficient (Wildman–Crippen LogP) is 3.58. The van der Waals surface area contributed by atoms with Crippen molar-refractivity contribution in [1.82, 2.24) is 5.32 Å². The smallest absolute Gasteiger partial charge is 0.260 e. The van der Waals surface area contributed by atoms with Crippen LogP contribution in [0.5, 0.6) is 5.75 Å². The van der Waals surface area contributed by atoms with Crippen LogP contribution in [-0.4, -0.2) is 23.7 Å². The first-order valence-corrected chi connectivity index (χ1v) is 8.16. The molecule has 1 aromatic rings. The van der Waals surface area contributed by atoms with Gasteiger partial charge >= 0.3 is 0 Å². The highest BCUT2D eigenvalue weighted by molar-refractivity contribution is 9.10. The zero-order valence-corrected chi connectivity index (χ0v) is 14.4. The number of halogens is 1. The maximum absolute atomic E-state index is 12.0. The van der Waals surface area contributed by atoms with E-state index >= 15 is 0 Å². The Morgan fingerprint density at radius 3 is 2.71 bits per heavy atom. The molecule has 0 radical (unpaired) electrons. The highest BCUT2D eigenvalue weighted by Crippen LogP contribution is 2.29. The topological polar surface area (TPSA) is 58.6 Å². The number of carbonyl (C=O) groups excluding carboxylic acids is 1. The van der Waals surface area contributed by atoms with Crippen molar-refractivity contribution >= 4 is 21.8 Å². The van der Waals surface area contributed by atoms with Crippen molar-refractivity contribution in [3.8, 4) is 5.75 Å². The molecule has 4 nitrogen and oxygen atoms in total. The molecule has 1 amide bonds. The van der Waals surface area contributed by atoms with Gasteiger partial charge in [0.15, 0.2) is 6.10 Å². The van der Waals surface area contributed by atoms with E-state index in [1.807, 2.05) is 6.07 Å². The van der Waals surface area contributed by atoms with E-state index in [0.29, 0.717) is 17.9 Å². The van der Waals surface area contributed by atoms with Crippen LogP contribution in [0.25, 0.3) is 0 Å². The largest absolute Gasteiger partial charge is 0.481 e. The Morgan fingerprint density at radius 2 is 2.10 bits per heavy atom. The number of unbranched alkanes of at least 4 members (excludes halogenated alkanes) is 2. The second-order valence-electron chi connectivity index (χ2n) is 5.12. The normalized spacial score (nSPS) is 13.6. The maximum Gasteiger partial charge on any atom is 0.260 e. The summed E-state index contributed by atoms with van der Waals surface area (Å²) in [7, 11) is 0. The number of hydrogen-bond acceptors (Lipinski definition) is 3. The Kier molecular flexibility index (Phi) is 7.75. The van der Waals surface area contributed by atoms with Crippen LogP contribution in [0.3, 0.4) is 0 Å². The van der Waals surface area contributed by atoms with Gasteiger partial charge in [0.2, 0.25) is 0 Å². The van der Waals surface area contributed by atoms with E-state index in [1.54, 1.807) is 26.0 Å². The molecule has 2 N–H and O–H groups in total. The first-order valence-electron chi connectivity index (χ1n) is 7.37. The lowest BCUT2D eigenvalue weighted by Gasteiger charge is -2.18.